The van der Waals surface area contributed by atoms with Gasteiger partial charge in [-0.25, -0.2) is 0 Å². The molecule has 2 nitrogen and oxygen atoms in total. The molecule has 0 heterocycles. The molecule has 0 aromatic heterocycles. The van der Waals surface area contributed by atoms with Gasteiger partial charge in [-0.3, -0.25) is 0 Å². The van der Waals surface area contributed by atoms with E-state index < -0.39 is 0 Å². The average Bonchev–Trinajstić information content (AvgIpc) is 2.38. The smallest absolute Gasteiger partial charge is 0.0683 e. The minimum atomic E-state index is -0.186. The van der Waals surface area contributed by atoms with Crippen molar-refractivity contribution in [2.75, 3.05) is 6.54 Å². The fourth-order valence-electron chi connectivity index (χ4n) is 2.00. The van der Waals surface area contributed by atoms with Crippen molar-refractivity contribution in [3.8, 4) is 6.07 Å². The number of rotatable bonds is 7. The van der Waals surface area contributed by atoms with Crippen molar-refractivity contribution in [2.45, 2.75) is 46.1 Å². The molecule has 0 saturated heterocycles. The largest absolute Gasteiger partial charge is 0.310 e. The van der Waals surface area contributed by atoms with Gasteiger partial charge in [0.2, 0.25) is 0 Å². The maximum Gasteiger partial charge on any atom is 0.0683 e. The monoisotopic (exact) mass is 322 g/mol. The molecule has 104 valence electrons. The molecule has 1 rings (SSSR count). The fraction of sp³-hybridized carbons (Fsp3) is 0.562. The first-order chi connectivity index (χ1) is 8.96. The molecule has 0 aliphatic carbocycles. The summed E-state index contributed by atoms with van der Waals surface area (Å²) in [5.41, 5.74) is 1.11. The molecule has 0 fully saturated rings. The number of nitrogens with one attached hydrogen (secondary N) is 1. The third-order valence-corrected chi connectivity index (χ3v) is 4.08. The molecule has 0 bridgehead atoms. The minimum Gasteiger partial charge on any atom is -0.310 e. The fourth-order valence-corrected chi connectivity index (χ4v) is 2.63. The minimum absolute atomic E-state index is 0.186. The second kappa shape index (κ2) is 7.67. The van der Waals surface area contributed by atoms with Crippen LogP contribution in [0.1, 0.15) is 51.6 Å². The third-order valence-electron chi connectivity index (χ3n) is 3.35. The van der Waals surface area contributed by atoms with E-state index in [1.807, 2.05) is 19.9 Å². The number of hydrogen-bond donors (Lipinski definition) is 1. The zero-order valence-electron chi connectivity index (χ0n) is 12.0. The lowest BCUT2D eigenvalue weighted by Gasteiger charge is -2.17. The summed E-state index contributed by atoms with van der Waals surface area (Å²) in [6, 6.07) is 11.0. The van der Waals surface area contributed by atoms with Crippen LogP contribution in [-0.2, 0) is 0 Å². The summed E-state index contributed by atoms with van der Waals surface area (Å²) in [6.45, 7) is 7.18. The van der Waals surface area contributed by atoms with E-state index in [2.05, 4.69) is 52.4 Å². The number of halogens is 1. The number of nitriles is 1. The summed E-state index contributed by atoms with van der Waals surface area (Å²) in [5, 5.41) is 12.5. The van der Waals surface area contributed by atoms with Crippen LogP contribution in [0.2, 0.25) is 0 Å². The van der Waals surface area contributed by atoms with E-state index >= 15 is 0 Å². The molecule has 1 aromatic carbocycles. The van der Waals surface area contributed by atoms with E-state index in [0.29, 0.717) is 6.04 Å². The van der Waals surface area contributed by atoms with Crippen molar-refractivity contribution in [1.29, 1.82) is 5.26 Å². The second-order valence-corrected chi connectivity index (χ2v) is 6.50. The highest BCUT2D eigenvalue weighted by Gasteiger charge is 2.15. The van der Waals surface area contributed by atoms with Crippen molar-refractivity contribution in [3.63, 3.8) is 0 Å². The van der Waals surface area contributed by atoms with Crippen LogP contribution in [0.15, 0.2) is 28.7 Å². The molecule has 0 aliphatic rings. The quantitative estimate of drug-likeness (QED) is 0.730. The topological polar surface area (TPSA) is 35.8 Å². The molecule has 0 saturated carbocycles. The maximum atomic E-state index is 8.95. The summed E-state index contributed by atoms with van der Waals surface area (Å²) >= 11 is 3.58. The lowest BCUT2D eigenvalue weighted by atomic mass is 9.89. The zero-order chi connectivity index (χ0) is 14.3. The Morgan fingerprint density at radius 2 is 2.00 bits per heavy atom. The first-order valence-electron chi connectivity index (χ1n) is 6.85. The lowest BCUT2D eigenvalue weighted by Crippen LogP contribution is -2.20. The first-order valence-corrected chi connectivity index (χ1v) is 7.64. The van der Waals surface area contributed by atoms with Gasteiger partial charge in [0.1, 0.15) is 0 Å². The van der Waals surface area contributed by atoms with Crippen molar-refractivity contribution in [2.24, 2.45) is 5.41 Å². The van der Waals surface area contributed by atoms with Crippen LogP contribution < -0.4 is 5.32 Å². The van der Waals surface area contributed by atoms with E-state index in [0.717, 1.165) is 30.3 Å². The summed E-state index contributed by atoms with van der Waals surface area (Å²) in [6.07, 6.45) is 3.17. The Morgan fingerprint density at radius 3 is 2.63 bits per heavy atom. The molecule has 0 amide bonds. The Hall–Kier alpha value is -0.850. The van der Waals surface area contributed by atoms with E-state index in [4.69, 9.17) is 5.26 Å². The van der Waals surface area contributed by atoms with Crippen molar-refractivity contribution >= 4 is 15.9 Å². The Bertz CT molecular complexity index is 435. The Morgan fingerprint density at radius 1 is 1.32 bits per heavy atom. The highest BCUT2D eigenvalue weighted by atomic mass is 79.9. The molecule has 0 aliphatic heterocycles. The normalized spacial score (nSPS) is 13.0. The molecule has 0 unspecified atom stereocenters. The number of hydrogen-bond acceptors (Lipinski definition) is 2. The van der Waals surface area contributed by atoms with Crippen LogP contribution in [0.25, 0.3) is 0 Å². The highest BCUT2D eigenvalue weighted by molar-refractivity contribution is 9.10. The molecule has 19 heavy (non-hydrogen) atoms. The molecule has 0 radical (unpaired) electrons. The number of nitrogens with zero attached hydrogens (tertiary/aromatic N) is 1. The Balaban J connectivity index is 2.27. The molecule has 0 spiro atoms. The van der Waals surface area contributed by atoms with E-state index in [-0.39, 0.29) is 5.41 Å². The molecule has 1 N–H and O–H groups in total. The van der Waals surface area contributed by atoms with Crippen molar-refractivity contribution in [1.82, 2.24) is 5.32 Å². The van der Waals surface area contributed by atoms with Gasteiger partial charge < -0.3 is 5.32 Å². The summed E-state index contributed by atoms with van der Waals surface area (Å²) < 4.78 is 1.15. The standard InChI is InChI=1S/C16H23BrN2/c1-13(14-8-4-5-9-15(14)17)19-11-7-6-10-16(2,3)12-18/h4-5,8-9,13,19H,6-7,10-11H2,1-3H3/t13-/m0/s1. The van der Waals surface area contributed by atoms with E-state index in [1.54, 1.807) is 0 Å². The Labute approximate surface area is 125 Å². The summed E-state index contributed by atoms with van der Waals surface area (Å²) in [5.74, 6) is 0. The van der Waals surface area contributed by atoms with Gasteiger partial charge in [-0.05, 0) is 51.8 Å². The van der Waals surface area contributed by atoms with E-state index in [9.17, 15) is 0 Å². The van der Waals surface area contributed by atoms with Gasteiger partial charge in [-0.2, -0.15) is 5.26 Å². The van der Waals surface area contributed by atoms with Crippen LogP contribution in [0.4, 0.5) is 0 Å². The van der Waals surface area contributed by atoms with Crippen molar-refractivity contribution < 1.29 is 0 Å². The second-order valence-electron chi connectivity index (χ2n) is 5.65. The molecule has 1 atom stereocenters. The predicted molar refractivity (Wildman–Crippen MR) is 83.8 cm³/mol. The summed E-state index contributed by atoms with van der Waals surface area (Å²) in [4.78, 5) is 0. The van der Waals surface area contributed by atoms with Crippen molar-refractivity contribution in [3.05, 3.63) is 34.3 Å². The van der Waals surface area contributed by atoms with Gasteiger partial charge in [0, 0.05) is 10.5 Å². The van der Waals surface area contributed by atoms with E-state index in [1.165, 1.54) is 5.56 Å². The van der Waals surface area contributed by atoms with Gasteiger partial charge in [0.05, 0.1) is 11.5 Å². The SMILES string of the molecule is C[C@H](NCCCCC(C)(C)C#N)c1ccccc1Br. The average molecular weight is 323 g/mol. The number of unbranched alkanes of at least 4 members (excludes halogenated alkanes) is 1. The number of benzene rings is 1. The van der Waals surface area contributed by atoms with Crippen LogP contribution >= 0.6 is 15.9 Å². The van der Waals surface area contributed by atoms with Crippen LogP contribution in [0.5, 0.6) is 0 Å². The predicted octanol–water partition coefficient (Wildman–Crippen LogP) is 4.82. The Kier molecular flexibility index (Phi) is 6.54. The highest BCUT2D eigenvalue weighted by Crippen LogP contribution is 2.23. The maximum absolute atomic E-state index is 8.95. The van der Waals surface area contributed by atoms with Crippen LogP contribution in [0, 0.1) is 16.7 Å². The lowest BCUT2D eigenvalue weighted by molar-refractivity contribution is 0.417. The van der Waals surface area contributed by atoms with Crippen LogP contribution in [-0.4, -0.2) is 6.54 Å². The summed E-state index contributed by atoms with van der Waals surface area (Å²) in [7, 11) is 0. The van der Waals surface area contributed by atoms with Gasteiger partial charge in [0.25, 0.3) is 0 Å². The van der Waals surface area contributed by atoms with Crippen LogP contribution in [0.3, 0.4) is 0 Å². The van der Waals surface area contributed by atoms with Gasteiger partial charge in [-0.15, -0.1) is 0 Å². The third kappa shape index (κ3) is 5.76. The first kappa shape index (κ1) is 16.2. The zero-order valence-corrected chi connectivity index (χ0v) is 13.6. The molecule has 3 heteroatoms. The van der Waals surface area contributed by atoms with Gasteiger partial charge in [-0.1, -0.05) is 40.5 Å². The van der Waals surface area contributed by atoms with Gasteiger partial charge in [0.15, 0.2) is 0 Å². The molecular formula is C16H23BrN2. The molecular weight excluding hydrogens is 300 g/mol. The van der Waals surface area contributed by atoms with Gasteiger partial charge >= 0.3 is 0 Å². The molecule has 1 aromatic rings.